The Labute approximate surface area is 113 Å². The molecule has 1 atom stereocenters. The summed E-state index contributed by atoms with van der Waals surface area (Å²) >= 11 is 0. The summed E-state index contributed by atoms with van der Waals surface area (Å²) in [4.78, 5) is -0.0971. The van der Waals surface area contributed by atoms with E-state index in [1.807, 2.05) is 20.8 Å². The Morgan fingerprint density at radius 1 is 1.37 bits per heavy atom. The van der Waals surface area contributed by atoms with Crippen molar-refractivity contribution in [2.45, 2.75) is 37.2 Å². The fourth-order valence-electron chi connectivity index (χ4n) is 2.38. The summed E-state index contributed by atoms with van der Waals surface area (Å²) in [7, 11) is -4.20. The van der Waals surface area contributed by atoms with Crippen LogP contribution in [-0.4, -0.2) is 32.5 Å². The Kier molecular flexibility index (Phi) is 3.70. The van der Waals surface area contributed by atoms with Crippen molar-refractivity contribution in [3.05, 3.63) is 29.3 Å². The van der Waals surface area contributed by atoms with Crippen LogP contribution < -0.4 is 0 Å². The first kappa shape index (κ1) is 14.5. The zero-order chi connectivity index (χ0) is 14.3. The second-order valence-corrected chi connectivity index (χ2v) is 6.74. The largest absolute Gasteiger partial charge is 0.353 e. The molecule has 1 aromatic rings. The van der Waals surface area contributed by atoms with E-state index in [9.17, 15) is 8.42 Å². The zero-order valence-electron chi connectivity index (χ0n) is 11.2. The summed E-state index contributed by atoms with van der Waals surface area (Å²) in [5.41, 5.74) is 1.38. The standard InChI is InChI=1S/C13H18O5S/c1-9-4-5-10(19(14,15)16)6-11(9)13(2,3)12-7-17-8-18-12/h4-6,12H,7-8H2,1-3H3,(H,14,15,16). The van der Waals surface area contributed by atoms with Gasteiger partial charge in [-0.1, -0.05) is 19.9 Å². The molecule has 1 aliphatic heterocycles. The minimum atomic E-state index is -4.20. The Hall–Kier alpha value is -0.950. The van der Waals surface area contributed by atoms with E-state index in [0.29, 0.717) is 6.61 Å². The van der Waals surface area contributed by atoms with Gasteiger partial charge in [0, 0.05) is 5.41 Å². The third-order valence-electron chi connectivity index (χ3n) is 3.63. The van der Waals surface area contributed by atoms with Gasteiger partial charge in [-0.2, -0.15) is 8.42 Å². The molecule has 1 aromatic carbocycles. The molecule has 1 aliphatic rings. The minimum absolute atomic E-state index is 0.0971. The van der Waals surface area contributed by atoms with E-state index in [1.165, 1.54) is 12.1 Å². The van der Waals surface area contributed by atoms with Gasteiger partial charge in [-0.25, -0.2) is 0 Å². The topological polar surface area (TPSA) is 72.8 Å². The molecule has 0 radical (unpaired) electrons. The Balaban J connectivity index is 2.48. The second kappa shape index (κ2) is 4.86. The average Bonchev–Trinajstić information content (AvgIpc) is 2.81. The second-order valence-electron chi connectivity index (χ2n) is 5.32. The van der Waals surface area contributed by atoms with Gasteiger partial charge in [0.25, 0.3) is 10.1 Å². The number of ether oxygens (including phenoxy) is 2. The summed E-state index contributed by atoms with van der Waals surface area (Å²) in [6.07, 6.45) is -0.136. The summed E-state index contributed by atoms with van der Waals surface area (Å²) in [6, 6.07) is 4.60. The van der Waals surface area contributed by atoms with Crippen molar-refractivity contribution in [1.29, 1.82) is 0 Å². The fraction of sp³-hybridized carbons (Fsp3) is 0.538. The van der Waals surface area contributed by atoms with E-state index in [-0.39, 0.29) is 17.8 Å². The van der Waals surface area contributed by atoms with Gasteiger partial charge < -0.3 is 9.47 Å². The first-order chi connectivity index (χ1) is 8.73. The molecular formula is C13H18O5S. The van der Waals surface area contributed by atoms with E-state index in [0.717, 1.165) is 11.1 Å². The molecule has 0 bridgehead atoms. The molecule has 19 heavy (non-hydrogen) atoms. The molecule has 0 spiro atoms. The number of aryl methyl sites for hydroxylation is 1. The van der Waals surface area contributed by atoms with Gasteiger partial charge in [0.1, 0.15) is 6.79 Å². The van der Waals surface area contributed by atoms with Gasteiger partial charge in [0.05, 0.1) is 17.6 Å². The highest BCUT2D eigenvalue weighted by Gasteiger charge is 2.36. The van der Waals surface area contributed by atoms with E-state index >= 15 is 0 Å². The van der Waals surface area contributed by atoms with Crippen LogP contribution in [0.4, 0.5) is 0 Å². The fourth-order valence-corrected chi connectivity index (χ4v) is 2.89. The highest BCUT2D eigenvalue weighted by Crippen LogP contribution is 2.34. The van der Waals surface area contributed by atoms with Crippen molar-refractivity contribution >= 4 is 10.1 Å². The first-order valence-electron chi connectivity index (χ1n) is 6.01. The molecule has 1 unspecified atom stereocenters. The lowest BCUT2D eigenvalue weighted by atomic mass is 9.77. The van der Waals surface area contributed by atoms with Crippen LogP contribution in [0.1, 0.15) is 25.0 Å². The summed E-state index contributed by atoms with van der Waals surface area (Å²) in [5, 5.41) is 0. The molecular weight excluding hydrogens is 268 g/mol. The summed E-state index contributed by atoms with van der Waals surface area (Å²) in [5.74, 6) is 0. The van der Waals surface area contributed by atoms with Gasteiger partial charge >= 0.3 is 0 Å². The molecule has 1 heterocycles. The normalized spacial score (nSPS) is 20.7. The van der Waals surface area contributed by atoms with Gasteiger partial charge in [-0.3, -0.25) is 4.55 Å². The van der Waals surface area contributed by atoms with E-state index < -0.39 is 15.5 Å². The molecule has 2 rings (SSSR count). The van der Waals surface area contributed by atoms with E-state index in [1.54, 1.807) is 6.07 Å². The van der Waals surface area contributed by atoms with Crippen molar-refractivity contribution in [3.8, 4) is 0 Å². The molecule has 0 aromatic heterocycles. The first-order valence-corrected chi connectivity index (χ1v) is 7.45. The van der Waals surface area contributed by atoms with Crippen LogP contribution >= 0.6 is 0 Å². The van der Waals surface area contributed by atoms with Crippen LogP contribution in [0.25, 0.3) is 0 Å². The maximum absolute atomic E-state index is 11.2. The lowest BCUT2D eigenvalue weighted by Crippen LogP contribution is -2.36. The zero-order valence-corrected chi connectivity index (χ0v) is 12.0. The summed E-state index contributed by atoms with van der Waals surface area (Å²) < 4.78 is 42.4. The van der Waals surface area contributed by atoms with E-state index in [2.05, 4.69) is 0 Å². The lowest BCUT2D eigenvalue weighted by Gasteiger charge is -2.32. The SMILES string of the molecule is Cc1ccc(S(=O)(=O)O)cc1C(C)(C)C1COCO1. The maximum Gasteiger partial charge on any atom is 0.294 e. The van der Waals surface area contributed by atoms with Crippen LogP contribution in [-0.2, 0) is 25.0 Å². The van der Waals surface area contributed by atoms with Crippen LogP contribution in [0.3, 0.4) is 0 Å². The smallest absolute Gasteiger partial charge is 0.294 e. The predicted molar refractivity (Wildman–Crippen MR) is 69.7 cm³/mol. The van der Waals surface area contributed by atoms with Gasteiger partial charge in [-0.05, 0) is 30.2 Å². The molecule has 0 aliphatic carbocycles. The Morgan fingerprint density at radius 3 is 2.58 bits per heavy atom. The van der Waals surface area contributed by atoms with Crippen LogP contribution in [0, 0.1) is 6.92 Å². The van der Waals surface area contributed by atoms with Crippen LogP contribution in [0.5, 0.6) is 0 Å². The predicted octanol–water partition coefficient (Wildman–Crippen LogP) is 1.89. The third-order valence-corrected chi connectivity index (χ3v) is 4.48. The van der Waals surface area contributed by atoms with Crippen molar-refractivity contribution in [2.75, 3.05) is 13.4 Å². The minimum Gasteiger partial charge on any atom is -0.353 e. The number of benzene rings is 1. The molecule has 0 saturated carbocycles. The summed E-state index contributed by atoms with van der Waals surface area (Å²) in [6.45, 7) is 6.58. The molecule has 1 saturated heterocycles. The number of rotatable bonds is 3. The lowest BCUT2D eigenvalue weighted by molar-refractivity contribution is 0.0249. The number of hydrogen-bond donors (Lipinski definition) is 1. The maximum atomic E-state index is 11.2. The third kappa shape index (κ3) is 2.81. The Bertz CT molecular complexity index is 571. The quantitative estimate of drug-likeness (QED) is 0.859. The van der Waals surface area contributed by atoms with Gasteiger partial charge in [-0.15, -0.1) is 0 Å². The Morgan fingerprint density at radius 2 is 2.05 bits per heavy atom. The van der Waals surface area contributed by atoms with Crippen molar-refractivity contribution in [2.24, 2.45) is 0 Å². The van der Waals surface area contributed by atoms with Gasteiger partial charge in [0.2, 0.25) is 0 Å². The van der Waals surface area contributed by atoms with Crippen LogP contribution in [0.15, 0.2) is 23.1 Å². The van der Waals surface area contributed by atoms with E-state index in [4.69, 9.17) is 14.0 Å². The molecule has 5 nitrogen and oxygen atoms in total. The molecule has 1 fully saturated rings. The van der Waals surface area contributed by atoms with Crippen LogP contribution in [0.2, 0.25) is 0 Å². The highest BCUT2D eigenvalue weighted by molar-refractivity contribution is 7.85. The van der Waals surface area contributed by atoms with Gasteiger partial charge in [0.15, 0.2) is 0 Å². The number of hydrogen-bond acceptors (Lipinski definition) is 4. The molecule has 0 amide bonds. The molecule has 106 valence electrons. The monoisotopic (exact) mass is 286 g/mol. The molecule has 1 N–H and O–H groups in total. The molecule has 6 heteroatoms. The average molecular weight is 286 g/mol. The van der Waals surface area contributed by atoms with Crippen molar-refractivity contribution in [1.82, 2.24) is 0 Å². The van der Waals surface area contributed by atoms with Crippen molar-refractivity contribution in [3.63, 3.8) is 0 Å². The highest BCUT2D eigenvalue weighted by atomic mass is 32.2. The van der Waals surface area contributed by atoms with Crippen molar-refractivity contribution < 1.29 is 22.4 Å².